The van der Waals surface area contributed by atoms with Crippen LogP contribution in [0.3, 0.4) is 0 Å². The molecule has 4 nitrogen and oxygen atoms in total. The number of esters is 1. The monoisotopic (exact) mass is 158 g/mol. The molecule has 3 N–H and O–H groups in total. The van der Waals surface area contributed by atoms with Crippen LogP contribution in [0.2, 0.25) is 0 Å². The highest BCUT2D eigenvalue weighted by Crippen LogP contribution is 1.83. The number of hydrogen-bond donors (Lipinski definition) is 2. The van der Waals surface area contributed by atoms with Crippen molar-refractivity contribution < 1.29 is 9.53 Å². The van der Waals surface area contributed by atoms with Crippen LogP contribution in [0.1, 0.15) is 0 Å². The van der Waals surface area contributed by atoms with Gasteiger partial charge in [-0.25, -0.2) is 0 Å². The smallest absolute Gasteiger partial charge is 0.324 e. The zero-order valence-electron chi connectivity index (χ0n) is 6.67. The molecule has 0 aromatic rings. The molecule has 0 saturated carbocycles. The van der Waals surface area contributed by atoms with Gasteiger partial charge < -0.3 is 10.5 Å². The number of nitrogens with two attached hydrogens (primary N) is 1. The van der Waals surface area contributed by atoms with Crippen molar-refractivity contribution >= 4 is 5.97 Å². The summed E-state index contributed by atoms with van der Waals surface area (Å²) in [6.07, 6.45) is 1.66. The molecule has 4 heteroatoms. The van der Waals surface area contributed by atoms with Crippen LogP contribution in [-0.4, -0.2) is 32.2 Å². The third-order valence-electron chi connectivity index (χ3n) is 1.23. The van der Waals surface area contributed by atoms with Gasteiger partial charge in [-0.05, 0) is 0 Å². The molecule has 0 fully saturated rings. The van der Waals surface area contributed by atoms with Crippen LogP contribution in [0.5, 0.6) is 0 Å². The van der Waals surface area contributed by atoms with Crippen molar-refractivity contribution in [3.63, 3.8) is 0 Å². The summed E-state index contributed by atoms with van der Waals surface area (Å²) in [6.45, 7) is 4.29. The predicted octanol–water partition coefficient (Wildman–Crippen LogP) is -0.738. The molecule has 0 aliphatic carbocycles. The van der Waals surface area contributed by atoms with Gasteiger partial charge in [0.15, 0.2) is 0 Å². The molecule has 11 heavy (non-hydrogen) atoms. The average Bonchev–Trinajstić information content (AvgIpc) is 2.05. The van der Waals surface area contributed by atoms with Gasteiger partial charge in [0.05, 0.1) is 7.11 Å². The van der Waals surface area contributed by atoms with Gasteiger partial charge in [0.2, 0.25) is 0 Å². The number of methoxy groups -OCH3 is 1. The predicted molar refractivity (Wildman–Crippen MR) is 43.1 cm³/mol. The molecule has 0 spiro atoms. The first-order valence-electron chi connectivity index (χ1n) is 3.38. The molecule has 0 saturated heterocycles. The summed E-state index contributed by atoms with van der Waals surface area (Å²) in [5.41, 5.74) is 5.29. The third kappa shape index (κ3) is 3.75. The van der Waals surface area contributed by atoms with Gasteiger partial charge in [-0.2, -0.15) is 0 Å². The van der Waals surface area contributed by atoms with E-state index < -0.39 is 6.04 Å². The number of ether oxygens (including phenoxy) is 1. The molecule has 64 valence electrons. The van der Waals surface area contributed by atoms with Crippen LogP contribution in [0.25, 0.3) is 0 Å². The van der Waals surface area contributed by atoms with E-state index in [4.69, 9.17) is 5.73 Å². The van der Waals surface area contributed by atoms with E-state index in [1.54, 1.807) is 6.08 Å². The molecule has 0 aliphatic rings. The Morgan fingerprint density at radius 1 is 1.91 bits per heavy atom. The molecule has 0 bridgehead atoms. The van der Waals surface area contributed by atoms with Crippen LogP contribution in [0, 0.1) is 0 Å². The summed E-state index contributed by atoms with van der Waals surface area (Å²) in [5.74, 6) is -0.339. The largest absolute Gasteiger partial charge is 0.468 e. The molecule has 1 atom stereocenters. The van der Waals surface area contributed by atoms with E-state index in [0.29, 0.717) is 6.54 Å². The van der Waals surface area contributed by atoms with Crippen LogP contribution < -0.4 is 11.1 Å². The molecule has 0 rings (SSSR count). The lowest BCUT2D eigenvalue weighted by Gasteiger charge is -2.11. The minimum absolute atomic E-state index is 0.237. The van der Waals surface area contributed by atoms with E-state index in [1.807, 2.05) is 0 Å². The quantitative estimate of drug-likeness (QED) is 0.408. The number of nitrogens with one attached hydrogen (secondary N) is 1. The lowest BCUT2D eigenvalue weighted by Crippen LogP contribution is -2.43. The molecule has 0 heterocycles. The Morgan fingerprint density at radius 2 is 2.55 bits per heavy atom. The normalized spacial score (nSPS) is 12.2. The zero-order chi connectivity index (χ0) is 8.69. The van der Waals surface area contributed by atoms with Crippen molar-refractivity contribution in [1.29, 1.82) is 0 Å². The Kier molecular flexibility index (Phi) is 5.42. The number of hydrogen-bond acceptors (Lipinski definition) is 4. The van der Waals surface area contributed by atoms with E-state index in [1.165, 1.54) is 7.11 Å². The minimum atomic E-state index is -0.419. The second kappa shape index (κ2) is 5.88. The SMILES string of the molecule is C=CCNC(CN)C(=O)OC. The number of carbonyl (C=O) groups excluding carboxylic acids is 1. The van der Waals surface area contributed by atoms with Gasteiger partial charge in [0.1, 0.15) is 6.04 Å². The van der Waals surface area contributed by atoms with Crippen LogP contribution in [0.4, 0.5) is 0 Å². The molecule has 0 amide bonds. The summed E-state index contributed by atoms with van der Waals surface area (Å²) < 4.78 is 4.48. The van der Waals surface area contributed by atoms with Crippen molar-refractivity contribution in [2.75, 3.05) is 20.2 Å². The van der Waals surface area contributed by atoms with Crippen LogP contribution >= 0.6 is 0 Å². The van der Waals surface area contributed by atoms with Crippen molar-refractivity contribution in [2.24, 2.45) is 5.73 Å². The Labute approximate surface area is 66.4 Å². The second-order valence-corrected chi connectivity index (χ2v) is 2.01. The maximum absolute atomic E-state index is 10.8. The minimum Gasteiger partial charge on any atom is -0.468 e. The molecule has 0 aromatic heterocycles. The first-order chi connectivity index (χ1) is 5.26. The first kappa shape index (κ1) is 10.1. The van der Waals surface area contributed by atoms with Gasteiger partial charge >= 0.3 is 5.97 Å². The van der Waals surface area contributed by atoms with Crippen molar-refractivity contribution in [3.05, 3.63) is 12.7 Å². The standard InChI is InChI=1S/C7H14N2O2/c1-3-4-9-6(5-8)7(10)11-2/h3,6,9H,1,4-5,8H2,2H3. The fourth-order valence-electron chi connectivity index (χ4n) is 0.631. The van der Waals surface area contributed by atoms with Gasteiger partial charge in [-0.15, -0.1) is 6.58 Å². The van der Waals surface area contributed by atoms with Crippen LogP contribution in [0.15, 0.2) is 12.7 Å². The molecule has 0 radical (unpaired) electrons. The molecular formula is C7H14N2O2. The molecule has 0 aromatic carbocycles. The van der Waals surface area contributed by atoms with Crippen molar-refractivity contribution in [3.8, 4) is 0 Å². The molecule has 0 aliphatic heterocycles. The highest BCUT2D eigenvalue weighted by Gasteiger charge is 2.14. The van der Waals surface area contributed by atoms with Crippen LogP contribution in [-0.2, 0) is 9.53 Å². The maximum atomic E-state index is 10.8. The summed E-state index contributed by atoms with van der Waals surface area (Å²) in [6, 6.07) is -0.419. The molecule has 1 unspecified atom stereocenters. The fourth-order valence-corrected chi connectivity index (χ4v) is 0.631. The summed E-state index contributed by atoms with van der Waals surface area (Å²) >= 11 is 0. The zero-order valence-corrected chi connectivity index (χ0v) is 6.67. The topological polar surface area (TPSA) is 64.3 Å². The fraction of sp³-hybridized carbons (Fsp3) is 0.571. The number of carbonyl (C=O) groups is 1. The lowest BCUT2D eigenvalue weighted by atomic mass is 10.3. The summed E-state index contributed by atoms with van der Waals surface area (Å²) in [4.78, 5) is 10.8. The maximum Gasteiger partial charge on any atom is 0.324 e. The molecular weight excluding hydrogens is 144 g/mol. The first-order valence-corrected chi connectivity index (χ1v) is 3.38. The Balaban J connectivity index is 3.74. The Bertz CT molecular complexity index is 136. The van der Waals surface area contributed by atoms with Crippen molar-refractivity contribution in [1.82, 2.24) is 5.32 Å². The van der Waals surface area contributed by atoms with Gasteiger partial charge in [0.25, 0.3) is 0 Å². The van der Waals surface area contributed by atoms with Gasteiger partial charge in [-0.1, -0.05) is 6.08 Å². The van der Waals surface area contributed by atoms with E-state index in [-0.39, 0.29) is 12.5 Å². The second-order valence-electron chi connectivity index (χ2n) is 2.01. The number of rotatable bonds is 5. The van der Waals surface area contributed by atoms with Crippen molar-refractivity contribution in [2.45, 2.75) is 6.04 Å². The average molecular weight is 158 g/mol. The van der Waals surface area contributed by atoms with E-state index in [0.717, 1.165) is 0 Å². The van der Waals surface area contributed by atoms with E-state index >= 15 is 0 Å². The Hall–Kier alpha value is -0.870. The summed E-state index contributed by atoms with van der Waals surface area (Å²) in [5, 5.41) is 2.85. The summed E-state index contributed by atoms with van der Waals surface area (Å²) in [7, 11) is 1.33. The van der Waals surface area contributed by atoms with E-state index in [2.05, 4.69) is 16.6 Å². The highest BCUT2D eigenvalue weighted by molar-refractivity contribution is 5.75. The van der Waals surface area contributed by atoms with Gasteiger partial charge in [0, 0.05) is 13.1 Å². The van der Waals surface area contributed by atoms with Gasteiger partial charge in [-0.3, -0.25) is 10.1 Å². The Morgan fingerprint density at radius 3 is 2.91 bits per heavy atom. The third-order valence-corrected chi connectivity index (χ3v) is 1.23. The van der Waals surface area contributed by atoms with E-state index in [9.17, 15) is 4.79 Å². The lowest BCUT2D eigenvalue weighted by molar-refractivity contribution is -0.142. The highest BCUT2D eigenvalue weighted by atomic mass is 16.5.